The molecule has 7 aliphatic rings. The number of carbonyl (C=O) groups is 1. The molecule has 0 amide bonds. The molecule has 0 aromatic heterocycles. The summed E-state index contributed by atoms with van der Waals surface area (Å²) in [6.45, 7) is 14.3. The molecule has 0 spiro atoms. The molecule has 0 aromatic carbocycles. The van der Waals surface area contributed by atoms with Crippen molar-refractivity contribution < 1.29 is 15.0 Å². The van der Waals surface area contributed by atoms with Crippen LogP contribution in [0.4, 0.5) is 0 Å². The Morgan fingerprint density at radius 2 is 1.80 bits per heavy atom. The molecule has 0 saturated carbocycles. The highest BCUT2D eigenvalue weighted by molar-refractivity contribution is 6.27. The molecule has 7 nitrogen and oxygen atoms in total. The van der Waals surface area contributed by atoms with Gasteiger partial charge in [0.1, 0.15) is 5.76 Å². The van der Waals surface area contributed by atoms with Gasteiger partial charge in [-0.3, -0.25) is 4.79 Å². The predicted octanol–water partition coefficient (Wildman–Crippen LogP) is 5.55. The van der Waals surface area contributed by atoms with Crippen molar-refractivity contribution in [3.8, 4) is 0 Å². The Balaban J connectivity index is 1.57. The highest BCUT2D eigenvalue weighted by Gasteiger charge is 2.59. The van der Waals surface area contributed by atoms with Gasteiger partial charge in [-0.1, -0.05) is 26.5 Å². The number of hydrogen-bond acceptors (Lipinski definition) is 7. The predicted molar refractivity (Wildman–Crippen MR) is 157 cm³/mol. The van der Waals surface area contributed by atoms with E-state index in [2.05, 4.69) is 45.7 Å². The number of nitrogens with zero attached hydrogens (tertiary/aromatic N) is 3. The van der Waals surface area contributed by atoms with Crippen molar-refractivity contribution in [2.45, 2.75) is 59.5 Å². The molecule has 1 saturated heterocycles. The average molecular weight is 533 g/mol. The summed E-state index contributed by atoms with van der Waals surface area (Å²) in [5.41, 5.74) is 9.85. The molecule has 3 N–H and O–H groups in total. The van der Waals surface area contributed by atoms with E-state index >= 15 is 0 Å². The molecule has 7 heteroatoms. The van der Waals surface area contributed by atoms with Crippen molar-refractivity contribution in [1.29, 1.82) is 0 Å². The van der Waals surface area contributed by atoms with Crippen LogP contribution in [0.3, 0.4) is 0 Å². The third-order valence-corrected chi connectivity index (χ3v) is 9.59. The summed E-state index contributed by atoms with van der Waals surface area (Å²) in [5, 5.41) is 27.0. The van der Waals surface area contributed by atoms with Gasteiger partial charge < -0.3 is 15.5 Å². The summed E-state index contributed by atoms with van der Waals surface area (Å²) in [7, 11) is 0. The van der Waals surface area contributed by atoms with Crippen LogP contribution in [0.2, 0.25) is 0 Å². The van der Waals surface area contributed by atoms with Crippen LogP contribution in [0.1, 0.15) is 53.9 Å². The monoisotopic (exact) mass is 532 g/mol. The lowest BCUT2D eigenvalue weighted by molar-refractivity contribution is -0.132. The number of nitrogens with one attached hydrogen (secondary N) is 1. The quantitative estimate of drug-likeness (QED) is 0.434. The van der Waals surface area contributed by atoms with Crippen LogP contribution in [-0.2, 0) is 4.79 Å². The maximum absolute atomic E-state index is 13.4. The molecule has 5 heterocycles. The van der Waals surface area contributed by atoms with E-state index in [0.717, 1.165) is 68.5 Å². The van der Waals surface area contributed by atoms with Crippen LogP contribution in [0, 0.1) is 11.8 Å². The Morgan fingerprint density at radius 1 is 1.07 bits per heavy atom. The number of allylic oxidation sites excluding steroid dienone is 11. The first kappa shape index (κ1) is 24.9. The molecule has 7 rings (SSSR count). The van der Waals surface area contributed by atoms with Gasteiger partial charge in [-0.15, -0.1) is 0 Å². The maximum Gasteiger partial charge on any atom is 0.210 e. The highest BCUT2D eigenvalue weighted by Crippen LogP contribution is 2.52. The van der Waals surface area contributed by atoms with E-state index in [9.17, 15) is 15.0 Å². The largest absolute Gasteiger partial charge is 0.508 e. The van der Waals surface area contributed by atoms with Gasteiger partial charge in [0.25, 0.3) is 0 Å². The van der Waals surface area contributed by atoms with Crippen LogP contribution >= 0.6 is 0 Å². The second-order valence-electron chi connectivity index (χ2n) is 11.5. The molecule has 40 heavy (non-hydrogen) atoms. The summed E-state index contributed by atoms with van der Waals surface area (Å²) < 4.78 is 0. The lowest BCUT2D eigenvalue weighted by Crippen LogP contribution is -2.41. The zero-order chi connectivity index (χ0) is 28.2. The molecule has 202 valence electrons. The van der Waals surface area contributed by atoms with E-state index in [-0.39, 0.29) is 24.0 Å². The molecule has 0 aromatic rings. The highest BCUT2D eigenvalue weighted by atomic mass is 16.3. The average Bonchev–Trinajstić information content (AvgIpc) is 3.62. The van der Waals surface area contributed by atoms with Crippen LogP contribution in [0.15, 0.2) is 119 Å². The molecule has 0 unspecified atom stereocenters. The number of ketones is 1. The summed E-state index contributed by atoms with van der Waals surface area (Å²) in [4.78, 5) is 28.4. The molecular weight excluding hydrogens is 500 g/mol. The lowest BCUT2D eigenvalue weighted by atomic mass is 9.87. The molecule has 0 radical (unpaired) electrons. The molecule has 1 fully saturated rings. The summed E-state index contributed by atoms with van der Waals surface area (Å²) in [5.74, 6) is -0.704. The fourth-order valence-electron chi connectivity index (χ4n) is 7.20. The first-order valence-electron chi connectivity index (χ1n) is 14.0. The van der Waals surface area contributed by atoms with Gasteiger partial charge in [0.05, 0.1) is 34.2 Å². The van der Waals surface area contributed by atoms with E-state index < -0.39 is 11.4 Å². The van der Waals surface area contributed by atoms with E-state index in [0.29, 0.717) is 29.0 Å². The van der Waals surface area contributed by atoms with E-state index in [1.54, 1.807) is 0 Å². The van der Waals surface area contributed by atoms with Crippen LogP contribution < -0.4 is 5.32 Å². The van der Waals surface area contributed by atoms with Crippen molar-refractivity contribution in [3.63, 3.8) is 0 Å². The Hall–Kier alpha value is -4.10. The smallest absolute Gasteiger partial charge is 0.210 e. The fraction of sp³-hybridized carbons (Fsp3) is 0.333. The Morgan fingerprint density at radius 3 is 2.52 bits per heavy atom. The van der Waals surface area contributed by atoms with Crippen molar-refractivity contribution >= 4 is 22.9 Å². The van der Waals surface area contributed by atoms with Crippen molar-refractivity contribution in [2.75, 3.05) is 0 Å². The summed E-state index contributed by atoms with van der Waals surface area (Å²) in [6.07, 6.45) is 9.42. The van der Waals surface area contributed by atoms with Crippen LogP contribution in [0.25, 0.3) is 0 Å². The first-order chi connectivity index (χ1) is 19.1. The minimum absolute atomic E-state index is 0.0357. The van der Waals surface area contributed by atoms with Gasteiger partial charge in [0, 0.05) is 46.4 Å². The van der Waals surface area contributed by atoms with Gasteiger partial charge in [0.15, 0.2) is 5.78 Å². The molecule has 3 atom stereocenters. The SMILES string of the molecule is C=CC1=C(C)C2=NC1=CC1=NC(=CC3=C(C)C4=C(O)[C@]5(O)C(=O)CC[C@@H]6C(=C5C4=N3)NC(=C2)[C@H]6C)C(CC)=C1C. The maximum atomic E-state index is 13.4. The summed E-state index contributed by atoms with van der Waals surface area (Å²) in [6, 6.07) is 0. The van der Waals surface area contributed by atoms with Crippen molar-refractivity contribution in [1.82, 2.24) is 5.32 Å². The second kappa shape index (κ2) is 8.21. The van der Waals surface area contributed by atoms with Crippen molar-refractivity contribution in [3.05, 3.63) is 104 Å². The third kappa shape index (κ3) is 2.98. The Labute approximate surface area is 233 Å². The van der Waals surface area contributed by atoms with Gasteiger partial charge in [-0.05, 0) is 74.1 Å². The number of aliphatic imine (C=N–C) groups is 3. The molecule has 8 bridgehead atoms. The topological polar surface area (TPSA) is 107 Å². The zero-order valence-electron chi connectivity index (χ0n) is 23.4. The fourth-order valence-corrected chi connectivity index (χ4v) is 7.20. The van der Waals surface area contributed by atoms with Gasteiger partial charge in [0.2, 0.25) is 5.60 Å². The number of rotatable bonds is 2. The van der Waals surface area contributed by atoms with Gasteiger partial charge in [-0.2, -0.15) is 0 Å². The third-order valence-electron chi connectivity index (χ3n) is 9.59. The number of fused-ring (bicyclic) bond motifs is 4. The van der Waals surface area contributed by atoms with E-state index in [4.69, 9.17) is 15.0 Å². The van der Waals surface area contributed by atoms with Gasteiger partial charge in [-0.25, -0.2) is 15.0 Å². The van der Waals surface area contributed by atoms with Gasteiger partial charge >= 0.3 is 0 Å². The minimum Gasteiger partial charge on any atom is -0.508 e. The number of carbonyl (C=O) groups excluding carboxylic acids is 1. The van der Waals surface area contributed by atoms with E-state index in [1.807, 2.05) is 25.2 Å². The van der Waals surface area contributed by atoms with Crippen molar-refractivity contribution in [2.24, 2.45) is 26.8 Å². The van der Waals surface area contributed by atoms with Crippen LogP contribution in [-0.4, -0.2) is 38.7 Å². The Kier molecular flexibility index (Phi) is 5.11. The molecular formula is C33H32N4O3. The lowest BCUT2D eigenvalue weighted by Gasteiger charge is -2.24. The normalized spacial score (nSPS) is 30.6. The number of Topliss-reactive ketones (excluding diaryl/α,β-unsaturated/α-hetero) is 1. The molecule has 2 aliphatic carbocycles. The summed E-state index contributed by atoms with van der Waals surface area (Å²) >= 11 is 0. The first-order valence-corrected chi connectivity index (χ1v) is 14.0. The van der Waals surface area contributed by atoms with E-state index in [1.165, 1.54) is 0 Å². The minimum atomic E-state index is -2.11. The number of aliphatic hydroxyl groups is 2. The number of hydrogen-bond donors (Lipinski definition) is 3. The Bertz CT molecular complexity index is 1740. The number of aliphatic hydroxyl groups excluding tert-OH is 1. The zero-order valence-corrected chi connectivity index (χ0v) is 23.4. The molecule has 5 aliphatic heterocycles. The standard InChI is InChI=1S/C33H32N4O3/c1-7-18-14(3)21-11-23-16(5)20-9-10-27(38)33(40)29(30(20)36-23)31-28(32(33)39)17(6)24(37-31)13-26-19(8-2)15(4)22(35-26)12-25(18)34-21/h7,11-13,16,20,36,39-40H,1,8-10H2,2-6H3/t16-,20-,33-/m0/s1. The van der Waals surface area contributed by atoms with Crippen LogP contribution in [0.5, 0.6) is 0 Å². The second-order valence-corrected chi connectivity index (χ2v) is 11.5.